The summed E-state index contributed by atoms with van der Waals surface area (Å²) in [5.41, 5.74) is -1.29. The van der Waals surface area contributed by atoms with Gasteiger partial charge in [0, 0.05) is 19.5 Å². The average Bonchev–Trinajstić information content (AvgIpc) is 2.36. The van der Waals surface area contributed by atoms with E-state index in [4.69, 9.17) is 5.11 Å². The highest BCUT2D eigenvalue weighted by Gasteiger charge is 2.33. The van der Waals surface area contributed by atoms with E-state index in [0.29, 0.717) is 25.3 Å². The van der Waals surface area contributed by atoms with Gasteiger partial charge in [0.05, 0.1) is 0 Å². The lowest BCUT2D eigenvalue weighted by Crippen LogP contribution is -2.55. The SMILES string of the molecule is CCCC(C)(NC(=O)NCCC(=O)NCC(C)C)C(=O)O. The van der Waals surface area contributed by atoms with E-state index in [0.717, 1.165) is 0 Å². The molecule has 4 N–H and O–H groups in total. The van der Waals surface area contributed by atoms with E-state index >= 15 is 0 Å². The largest absolute Gasteiger partial charge is 0.480 e. The van der Waals surface area contributed by atoms with E-state index in [1.54, 1.807) is 0 Å². The van der Waals surface area contributed by atoms with Crippen LogP contribution in [0.2, 0.25) is 0 Å². The third-order valence-corrected chi connectivity index (χ3v) is 2.96. The maximum absolute atomic E-state index is 11.7. The van der Waals surface area contributed by atoms with Crippen LogP contribution in [-0.4, -0.2) is 41.6 Å². The molecule has 0 aliphatic carbocycles. The second-order valence-corrected chi connectivity index (χ2v) is 5.72. The molecule has 0 rings (SSSR count). The minimum atomic E-state index is -1.29. The predicted molar refractivity (Wildman–Crippen MR) is 79.9 cm³/mol. The van der Waals surface area contributed by atoms with Gasteiger partial charge in [0.25, 0.3) is 0 Å². The molecule has 0 heterocycles. The molecule has 0 radical (unpaired) electrons. The molecule has 0 aliphatic heterocycles. The van der Waals surface area contributed by atoms with E-state index in [1.807, 2.05) is 20.8 Å². The Kier molecular flexibility index (Phi) is 8.42. The van der Waals surface area contributed by atoms with Gasteiger partial charge in [0.1, 0.15) is 5.54 Å². The molecule has 7 heteroatoms. The van der Waals surface area contributed by atoms with Gasteiger partial charge in [0.15, 0.2) is 0 Å². The van der Waals surface area contributed by atoms with Crippen LogP contribution in [0.3, 0.4) is 0 Å². The second kappa shape index (κ2) is 9.20. The third kappa shape index (κ3) is 8.16. The molecule has 0 bridgehead atoms. The molecule has 0 saturated carbocycles. The number of carboxylic acids is 1. The van der Waals surface area contributed by atoms with Gasteiger partial charge in [-0.2, -0.15) is 0 Å². The summed E-state index contributed by atoms with van der Waals surface area (Å²) in [6.07, 6.45) is 1.14. The maximum atomic E-state index is 11.7. The highest BCUT2D eigenvalue weighted by Crippen LogP contribution is 2.12. The first-order chi connectivity index (χ1) is 9.71. The lowest BCUT2D eigenvalue weighted by Gasteiger charge is -2.25. The normalized spacial score (nSPS) is 13.4. The minimum Gasteiger partial charge on any atom is -0.480 e. The maximum Gasteiger partial charge on any atom is 0.329 e. The molecule has 122 valence electrons. The highest BCUT2D eigenvalue weighted by atomic mass is 16.4. The standard InChI is InChI=1S/C14H27N3O4/c1-5-7-14(4,12(19)20)17-13(21)15-8-6-11(18)16-9-10(2)3/h10H,5-9H2,1-4H3,(H,16,18)(H,19,20)(H2,15,17,21). The second-order valence-electron chi connectivity index (χ2n) is 5.72. The Balaban J connectivity index is 4.09. The Morgan fingerprint density at radius 2 is 1.81 bits per heavy atom. The lowest BCUT2D eigenvalue weighted by atomic mass is 9.97. The Morgan fingerprint density at radius 1 is 1.19 bits per heavy atom. The fraction of sp³-hybridized carbons (Fsp3) is 0.786. The number of rotatable bonds is 9. The van der Waals surface area contributed by atoms with Gasteiger partial charge < -0.3 is 21.1 Å². The number of carboxylic acid groups (broad SMARTS) is 1. The molecule has 0 aromatic rings. The number of carbonyl (C=O) groups is 3. The van der Waals surface area contributed by atoms with Crippen LogP contribution >= 0.6 is 0 Å². The number of hydrogen-bond donors (Lipinski definition) is 4. The number of aliphatic carboxylic acids is 1. The van der Waals surface area contributed by atoms with Crippen molar-refractivity contribution >= 4 is 17.9 Å². The molecule has 21 heavy (non-hydrogen) atoms. The number of hydrogen-bond acceptors (Lipinski definition) is 3. The monoisotopic (exact) mass is 301 g/mol. The highest BCUT2D eigenvalue weighted by molar-refractivity contribution is 5.86. The van der Waals surface area contributed by atoms with Gasteiger partial charge in [-0.05, 0) is 19.3 Å². The predicted octanol–water partition coefficient (Wildman–Crippen LogP) is 1.09. The first-order valence-corrected chi connectivity index (χ1v) is 7.27. The first kappa shape index (κ1) is 19.2. The van der Waals surface area contributed by atoms with Crippen LogP contribution in [0.25, 0.3) is 0 Å². The molecule has 0 aliphatic rings. The van der Waals surface area contributed by atoms with Crippen molar-refractivity contribution in [1.82, 2.24) is 16.0 Å². The smallest absolute Gasteiger partial charge is 0.329 e. The van der Waals surface area contributed by atoms with Crippen molar-refractivity contribution in [2.24, 2.45) is 5.92 Å². The molecule has 1 atom stereocenters. The lowest BCUT2D eigenvalue weighted by molar-refractivity contribution is -0.144. The van der Waals surface area contributed by atoms with Crippen molar-refractivity contribution in [1.29, 1.82) is 0 Å². The van der Waals surface area contributed by atoms with Crippen molar-refractivity contribution in [3.63, 3.8) is 0 Å². The van der Waals surface area contributed by atoms with Crippen LogP contribution < -0.4 is 16.0 Å². The fourth-order valence-electron chi connectivity index (χ4n) is 1.71. The Bertz CT molecular complexity index is 371. The summed E-state index contributed by atoms with van der Waals surface area (Å²) in [5, 5.41) is 16.8. The molecule has 0 aromatic heterocycles. The summed E-state index contributed by atoms with van der Waals surface area (Å²) in [4.78, 5) is 34.3. The summed E-state index contributed by atoms with van der Waals surface area (Å²) >= 11 is 0. The van der Waals surface area contributed by atoms with Gasteiger partial charge in [-0.1, -0.05) is 27.2 Å². The van der Waals surface area contributed by atoms with Crippen molar-refractivity contribution < 1.29 is 19.5 Å². The van der Waals surface area contributed by atoms with Crippen molar-refractivity contribution in [2.45, 2.75) is 52.5 Å². The summed E-state index contributed by atoms with van der Waals surface area (Å²) in [6.45, 7) is 8.06. The van der Waals surface area contributed by atoms with E-state index < -0.39 is 17.5 Å². The number of urea groups is 1. The quantitative estimate of drug-likeness (QED) is 0.511. The molecule has 3 amide bonds. The van der Waals surface area contributed by atoms with Gasteiger partial charge >= 0.3 is 12.0 Å². The Labute approximate surface area is 125 Å². The van der Waals surface area contributed by atoms with Crippen LogP contribution in [0.4, 0.5) is 4.79 Å². The van der Waals surface area contributed by atoms with Crippen LogP contribution in [0, 0.1) is 5.92 Å². The zero-order valence-corrected chi connectivity index (χ0v) is 13.3. The molecule has 0 aromatic carbocycles. The van der Waals surface area contributed by atoms with Crippen LogP contribution in [0.1, 0.15) is 47.0 Å². The van der Waals surface area contributed by atoms with Crippen LogP contribution in [-0.2, 0) is 9.59 Å². The van der Waals surface area contributed by atoms with E-state index in [2.05, 4.69) is 16.0 Å². The van der Waals surface area contributed by atoms with E-state index in [-0.39, 0.29) is 18.9 Å². The van der Waals surface area contributed by atoms with E-state index in [1.165, 1.54) is 6.92 Å². The summed E-state index contributed by atoms with van der Waals surface area (Å²) in [5.74, 6) is -0.844. The van der Waals surface area contributed by atoms with Gasteiger partial charge in [0.2, 0.25) is 5.91 Å². The fourth-order valence-corrected chi connectivity index (χ4v) is 1.71. The van der Waals surface area contributed by atoms with Crippen LogP contribution in [0.5, 0.6) is 0 Å². The molecule has 0 spiro atoms. The molecule has 1 unspecified atom stereocenters. The molecule has 0 saturated heterocycles. The zero-order chi connectivity index (χ0) is 16.5. The molecular weight excluding hydrogens is 274 g/mol. The van der Waals surface area contributed by atoms with Crippen molar-refractivity contribution in [3.05, 3.63) is 0 Å². The summed E-state index contributed by atoms with van der Waals surface area (Å²) in [7, 11) is 0. The van der Waals surface area contributed by atoms with Gasteiger partial charge in [-0.25, -0.2) is 9.59 Å². The Hall–Kier alpha value is -1.79. The number of nitrogens with one attached hydrogen (secondary N) is 3. The summed E-state index contributed by atoms with van der Waals surface area (Å²) in [6, 6.07) is -0.579. The topological polar surface area (TPSA) is 108 Å². The zero-order valence-electron chi connectivity index (χ0n) is 13.3. The Morgan fingerprint density at radius 3 is 2.29 bits per heavy atom. The number of carbonyl (C=O) groups excluding carboxylic acids is 2. The van der Waals surface area contributed by atoms with E-state index in [9.17, 15) is 14.4 Å². The molecule has 7 nitrogen and oxygen atoms in total. The van der Waals surface area contributed by atoms with Gasteiger partial charge in [-0.3, -0.25) is 4.79 Å². The van der Waals surface area contributed by atoms with Crippen molar-refractivity contribution in [3.8, 4) is 0 Å². The average molecular weight is 301 g/mol. The minimum absolute atomic E-state index is 0.140. The summed E-state index contributed by atoms with van der Waals surface area (Å²) < 4.78 is 0. The first-order valence-electron chi connectivity index (χ1n) is 7.27. The molecular formula is C14H27N3O4. The molecule has 0 fully saturated rings. The van der Waals surface area contributed by atoms with Crippen molar-refractivity contribution in [2.75, 3.05) is 13.1 Å². The van der Waals surface area contributed by atoms with Crippen LogP contribution in [0.15, 0.2) is 0 Å². The number of amides is 3. The third-order valence-electron chi connectivity index (χ3n) is 2.96. The van der Waals surface area contributed by atoms with Gasteiger partial charge in [-0.15, -0.1) is 0 Å².